The highest BCUT2D eigenvalue weighted by atomic mass is 79.9. The Hall–Kier alpha value is -1.68. The van der Waals surface area contributed by atoms with Gasteiger partial charge in [0, 0.05) is 28.3 Å². The fraction of sp³-hybridized carbons (Fsp3) is 0.0769. The van der Waals surface area contributed by atoms with Crippen molar-refractivity contribution in [2.75, 3.05) is 5.32 Å². The molecule has 0 spiro atoms. The van der Waals surface area contributed by atoms with Crippen molar-refractivity contribution in [1.82, 2.24) is 0 Å². The van der Waals surface area contributed by atoms with Gasteiger partial charge in [-0.15, -0.1) is 0 Å². The molecule has 0 fully saturated rings. The fourth-order valence-corrected chi connectivity index (χ4v) is 1.92. The molecular formula is C13H12BrNO2. The molecule has 0 heterocycles. The van der Waals surface area contributed by atoms with Gasteiger partial charge in [-0.2, -0.15) is 0 Å². The SMILES string of the molecule is Oc1ccc(CNc2ccccc2Br)c(O)c1. The number of hydrogen-bond donors (Lipinski definition) is 3. The lowest BCUT2D eigenvalue weighted by molar-refractivity contribution is 0.446. The first kappa shape index (κ1) is 11.8. The van der Waals surface area contributed by atoms with Crippen molar-refractivity contribution in [3.05, 3.63) is 52.5 Å². The first-order valence-corrected chi connectivity index (χ1v) is 5.95. The Bertz CT molecular complexity index is 529. The minimum atomic E-state index is 0.0622. The van der Waals surface area contributed by atoms with Crippen molar-refractivity contribution in [3.8, 4) is 11.5 Å². The maximum atomic E-state index is 9.63. The number of phenolic OH excluding ortho intramolecular Hbond substituents is 2. The smallest absolute Gasteiger partial charge is 0.124 e. The van der Waals surface area contributed by atoms with Crippen molar-refractivity contribution in [2.45, 2.75) is 6.54 Å². The molecule has 2 aromatic carbocycles. The summed E-state index contributed by atoms with van der Waals surface area (Å²) in [5.74, 6) is 0.150. The summed E-state index contributed by atoms with van der Waals surface area (Å²) >= 11 is 3.43. The van der Waals surface area contributed by atoms with Gasteiger partial charge in [0.05, 0.1) is 0 Å². The van der Waals surface area contributed by atoms with E-state index in [1.165, 1.54) is 6.07 Å². The second kappa shape index (κ2) is 5.10. The first-order valence-electron chi connectivity index (χ1n) is 5.16. The average Bonchev–Trinajstić information content (AvgIpc) is 2.30. The zero-order valence-electron chi connectivity index (χ0n) is 9.02. The molecule has 0 atom stereocenters. The summed E-state index contributed by atoms with van der Waals surface area (Å²) in [6.45, 7) is 0.495. The van der Waals surface area contributed by atoms with Gasteiger partial charge in [0.25, 0.3) is 0 Å². The molecule has 2 aromatic rings. The van der Waals surface area contributed by atoms with Gasteiger partial charge in [-0.25, -0.2) is 0 Å². The third-order valence-corrected chi connectivity index (χ3v) is 3.10. The molecule has 2 rings (SSSR count). The molecular weight excluding hydrogens is 282 g/mol. The number of halogens is 1. The second-order valence-electron chi connectivity index (χ2n) is 3.65. The van der Waals surface area contributed by atoms with E-state index in [2.05, 4.69) is 21.2 Å². The molecule has 0 aliphatic rings. The Kier molecular flexibility index (Phi) is 3.54. The summed E-state index contributed by atoms with van der Waals surface area (Å²) < 4.78 is 0.971. The zero-order valence-corrected chi connectivity index (χ0v) is 10.6. The molecule has 0 saturated carbocycles. The van der Waals surface area contributed by atoms with E-state index >= 15 is 0 Å². The van der Waals surface area contributed by atoms with Crippen LogP contribution in [0.1, 0.15) is 5.56 Å². The van der Waals surface area contributed by atoms with E-state index in [0.29, 0.717) is 6.54 Å². The number of benzene rings is 2. The van der Waals surface area contributed by atoms with Crippen LogP contribution in [0, 0.1) is 0 Å². The topological polar surface area (TPSA) is 52.5 Å². The van der Waals surface area contributed by atoms with Crippen LogP contribution in [0.25, 0.3) is 0 Å². The van der Waals surface area contributed by atoms with E-state index in [1.807, 2.05) is 24.3 Å². The number of phenols is 2. The quantitative estimate of drug-likeness (QED) is 0.812. The molecule has 0 bridgehead atoms. The molecule has 0 aliphatic carbocycles. The van der Waals surface area contributed by atoms with Gasteiger partial charge < -0.3 is 15.5 Å². The summed E-state index contributed by atoms with van der Waals surface area (Å²) in [7, 11) is 0. The van der Waals surface area contributed by atoms with Crippen LogP contribution in [0.2, 0.25) is 0 Å². The molecule has 88 valence electrons. The lowest BCUT2D eigenvalue weighted by Crippen LogP contribution is -2.00. The highest BCUT2D eigenvalue weighted by molar-refractivity contribution is 9.10. The number of aromatic hydroxyl groups is 2. The van der Waals surface area contributed by atoms with Crippen molar-refractivity contribution >= 4 is 21.6 Å². The van der Waals surface area contributed by atoms with Crippen molar-refractivity contribution in [3.63, 3.8) is 0 Å². The standard InChI is InChI=1S/C13H12BrNO2/c14-11-3-1-2-4-12(11)15-8-9-5-6-10(16)7-13(9)17/h1-7,15-17H,8H2. The number of rotatable bonds is 3. The Morgan fingerprint density at radius 1 is 1.06 bits per heavy atom. The monoisotopic (exact) mass is 293 g/mol. The first-order chi connectivity index (χ1) is 8.16. The van der Waals surface area contributed by atoms with Crippen molar-refractivity contribution < 1.29 is 10.2 Å². The van der Waals surface area contributed by atoms with Crippen LogP contribution in [0.3, 0.4) is 0 Å². The summed E-state index contributed by atoms with van der Waals surface area (Å²) in [4.78, 5) is 0. The van der Waals surface area contributed by atoms with E-state index in [0.717, 1.165) is 15.7 Å². The second-order valence-corrected chi connectivity index (χ2v) is 4.50. The van der Waals surface area contributed by atoms with Crippen molar-refractivity contribution in [2.24, 2.45) is 0 Å². The average molecular weight is 294 g/mol. The molecule has 0 aromatic heterocycles. The molecule has 3 N–H and O–H groups in total. The lowest BCUT2D eigenvalue weighted by Gasteiger charge is -2.09. The van der Waals surface area contributed by atoms with Crippen molar-refractivity contribution in [1.29, 1.82) is 0 Å². The van der Waals surface area contributed by atoms with Crippen LogP contribution in [0.5, 0.6) is 11.5 Å². The molecule has 3 nitrogen and oxygen atoms in total. The maximum absolute atomic E-state index is 9.63. The Morgan fingerprint density at radius 3 is 2.53 bits per heavy atom. The Labute approximate surface area is 108 Å². The number of hydrogen-bond acceptors (Lipinski definition) is 3. The van der Waals surface area contributed by atoms with Gasteiger partial charge in [-0.05, 0) is 40.2 Å². The van der Waals surface area contributed by atoms with Crippen LogP contribution >= 0.6 is 15.9 Å². The van der Waals surface area contributed by atoms with E-state index in [4.69, 9.17) is 0 Å². The Morgan fingerprint density at radius 2 is 1.82 bits per heavy atom. The van der Waals surface area contributed by atoms with Crippen LogP contribution in [0.4, 0.5) is 5.69 Å². The third-order valence-electron chi connectivity index (χ3n) is 2.41. The summed E-state index contributed by atoms with van der Waals surface area (Å²) in [6.07, 6.45) is 0. The third kappa shape index (κ3) is 2.91. The van der Waals surface area contributed by atoms with E-state index in [-0.39, 0.29) is 11.5 Å². The summed E-state index contributed by atoms with van der Waals surface area (Å²) in [5.41, 5.74) is 1.69. The fourth-order valence-electron chi connectivity index (χ4n) is 1.50. The minimum Gasteiger partial charge on any atom is -0.508 e. The highest BCUT2D eigenvalue weighted by Gasteiger charge is 2.03. The normalized spacial score (nSPS) is 10.2. The molecule has 0 aliphatic heterocycles. The summed E-state index contributed by atoms with van der Waals surface area (Å²) in [6, 6.07) is 12.3. The highest BCUT2D eigenvalue weighted by Crippen LogP contribution is 2.25. The minimum absolute atomic E-state index is 0.0622. The largest absolute Gasteiger partial charge is 0.508 e. The van der Waals surface area contributed by atoms with Gasteiger partial charge in [-0.3, -0.25) is 0 Å². The molecule has 0 saturated heterocycles. The lowest BCUT2D eigenvalue weighted by atomic mass is 10.2. The Balaban J connectivity index is 2.10. The van der Waals surface area contributed by atoms with E-state index < -0.39 is 0 Å². The molecule has 17 heavy (non-hydrogen) atoms. The number of nitrogens with one attached hydrogen (secondary N) is 1. The van der Waals surface area contributed by atoms with Crippen LogP contribution in [-0.4, -0.2) is 10.2 Å². The van der Waals surface area contributed by atoms with Gasteiger partial charge in [0.2, 0.25) is 0 Å². The molecule has 0 unspecified atom stereocenters. The van der Waals surface area contributed by atoms with Crippen LogP contribution < -0.4 is 5.32 Å². The number of para-hydroxylation sites is 1. The molecule has 0 amide bonds. The van der Waals surface area contributed by atoms with Crippen LogP contribution in [-0.2, 0) is 6.54 Å². The van der Waals surface area contributed by atoms with Gasteiger partial charge in [-0.1, -0.05) is 12.1 Å². The molecule has 0 radical (unpaired) electrons. The van der Waals surface area contributed by atoms with Gasteiger partial charge in [0.15, 0.2) is 0 Å². The predicted octanol–water partition coefficient (Wildman–Crippen LogP) is 3.47. The zero-order chi connectivity index (χ0) is 12.3. The van der Waals surface area contributed by atoms with Gasteiger partial charge in [0.1, 0.15) is 11.5 Å². The van der Waals surface area contributed by atoms with Crippen LogP contribution in [0.15, 0.2) is 46.9 Å². The molecule has 4 heteroatoms. The maximum Gasteiger partial charge on any atom is 0.124 e. The number of anilines is 1. The van der Waals surface area contributed by atoms with E-state index in [9.17, 15) is 10.2 Å². The van der Waals surface area contributed by atoms with E-state index in [1.54, 1.807) is 12.1 Å². The predicted molar refractivity (Wildman–Crippen MR) is 71.2 cm³/mol. The van der Waals surface area contributed by atoms with Gasteiger partial charge >= 0.3 is 0 Å². The summed E-state index contributed by atoms with van der Waals surface area (Å²) in [5, 5.41) is 22.0.